The Hall–Kier alpha value is -2.83. The van der Waals surface area contributed by atoms with Crippen molar-refractivity contribution in [2.75, 3.05) is 6.54 Å². The number of ether oxygens (including phenoxy) is 1. The maximum Gasteiger partial charge on any atom is 0.336 e. The van der Waals surface area contributed by atoms with E-state index < -0.39 is 11.7 Å². The summed E-state index contributed by atoms with van der Waals surface area (Å²) in [6.45, 7) is 6.21. The van der Waals surface area contributed by atoms with Crippen molar-refractivity contribution in [3.05, 3.63) is 74.6 Å². The molecule has 1 N–H and O–H groups in total. The first-order valence-corrected chi connectivity index (χ1v) is 14.6. The second-order valence-electron chi connectivity index (χ2n) is 11.3. The van der Waals surface area contributed by atoms with Crippen molar-refractivity contribution in [3.63, 3.8) is 0 Å². The molecule has 2 heterocycles. The zero-order valence-electron chi connectivity index (χ0n) is 23.0. The summed E-state index contributed by atoms with van der Waals surface area (Å²) in [6.07, 6.45) is 6.29. The third kappa shape index (κ3) is 5.46. The Labute approximate surface area is 234 Å². The van der Waals surface area contributed by atoms with Gasteiger partial charge in [0.15, 0.2) is 6.10 Å². The zero-order valence-corrected chi connectivity index (χ0v) is 23.8. The molecule has 5 rings (SSSR count). The van der Waals surface area contributed by atoms with Gasteiger partial charge in [0.2, 0.25) is 0 Å². The van der Waals surface area contributed by atoms with Crippen LogP contribution in [0, 0.1) is 12.8 Å². The first-order valence-electron chi connectivity index (χ1n) is 14.2. The van der Waals surface area contributed by atoms with Gasteiger partial charge in [-0.05, 0) is 81.3 Å². The van der Waals surface area contributed by atoms with Crippen molar-refractivity contribution in [2.45, 2.75) is 89.9 Å². The molecule has 2 fully saturated rings. The van der Waals surface area contributed by atoms with Gasteiger partial charge < -0.3 is 19.2 Å². The summed E-state index contributed by atoms with van der Waals surface area (Å²) in [7, 11) is 0. The highest BCUT2D eigenvalue weighted by molar-refractivity contribution is 6.30. The zero-order chi connectivity index (χ0) is 27.7. The van der Waals surface area contributed by atoms with Crippen LogP contribution in [0.25, 0.3) is 11.0 Å². The van der Waals surface area contributed by atoms with Crippen molar-refractivity contribution in [2.24, 2.45) is 5.92 Å². The fourth-order valence-corrected chi connectivity index (χ4v) is 6.71. The van der Waals surface area contributed by atoms with E-state index in [1.54, 1.807) is 13.0 Å². The van der Waals surface area contributed by atoms with E-state index in [2.05, 4.69) is 6.92 Å². The van der Waals surface area contributed by atoms with Crippen molar-refractivity contribution in [3.8, 4) is 5.75 Å². The lowest BCUT2D eigenvalue weighted by molar-refractivity contribution is -0.161. The second-order valence-corrected chi connectivity index (χ2v) is 11.7. The van der Waals surface area contributed by atoms with Crippen molar-refractivity contribution in [1.29, 1.82) is 0 Å². The van der Waals surface area contributed by atoms with Gasteiger partial charge in [-0.2, -0.15) is 0 Å². The van der Waals surface area contributed by atoms with Gasteiger partial charge in [-0.15, -0.1) is 0 Å². The molecule has 208 valence electrons. The molecule has 3 aromatic rings. The van der Waals surface area contributed by atoms with Gasteiger partial charge in [0, 0.05) is 34.5 Å². The molecule has 1 aliphatic carbocycles. The minimum Gasteiger partial charge on any atom is -0.480 e. The molecule has 1 aromatic heterocycles. The number of amides is 1. The molecule has 0 bridgehead atoms. The van der Waals surface area contributed by atoms with Crippen LogP contribution in [0.3, 0.4) is 0 Å². The minimum atomic E-state index is -0.772. The summed E-state index contributed by atoms with van der Waals surface area (Å²) in [4.78, 5) is 28.1. The average molecular weight is 552 g/mol. The Morgan fingerprint density at radius 1 is 1.21 bits per heavy atom. The Balaban J connectivity index is 1.43. The molecule has 7 heteroatoms. The van der Waals surface area contributed by atoms with Gasteiger partial charge >= 0.3 is 5.63 Å². The maximum atomic E-state index is 14.0. The molecule has 6 nitrogen and oxygen atoms in total. The van der Waals surface area contributed by atoms with Crippen LogP contribution in [0.15, 0.2) is 51.7 Å². The van der Waals surface area contributed by atoms with Crippen molar-refractivity contribution >= 4 is 28.5 Å². The lowest BCUT2D eigenvalue weighted by Crippen LogP contribution is -2.58. The molecule has 1 saturated carbocycles. The van der Waals surface area contributed by atoms with Crippen LogP contribution in [0.1, 0.15) is 81.5 Å². The Morgan fingerprint density at radius 3 is 2.72 bits per heavy atom. The van der Waals surface area contributed by atoms with E-state index in [1.807, 2.05) is 48.2 Å². The number of benzene rings is 2. The summed E-state index contributed by atoms with van der Waals surface area (Å²) in [5, 5.41) is 13.1. The predicted octanol–water partition coefficient (Wildman–Crippen LogP) is 6.76. The average Bonchev–Trinajstić information content (AvgIpc) is 2.92. The van der Waals surface area contributed by atoms with Crippen LogP contribution < -0.4 is 10.4 Å². The Kier molecular flexibility index (Phi) is 8.06. The van der Waals surface area contributed by atoms with Gasteiger partial charge in [-0.1, -0.05) is 49.9 Å². The number of halogens is 1. The van der Waals surface area contributed by atoms with E-state index in [9.17, 15) is 14.7 Å². The smallest absolute Gasteiger partial charge is 0.336 e. The molecule has 2 aliphatic rings. The maximum absolute atomic E-state index is 14.0. The van der Waals surface area contributed by atoms with E-state index in [0.717, 1.165) is 61.5 Å². The first kappa shape index (κ1) is 27.7. The van der Waals surface area contributed by atoms with Gasteiger partial charge in [0.1, 0.15) is 11.3 Å². The van der Waals surface area contributed by atoms with Gasteiger partial charge in [0.25, 0.3) is 5.91 Å². The number of carbonyl (C=O) groups excluding carboxylic acids is 1. The van der Waals surface area contributed by atoms with Gasteiger partial charge in [0.05, 0.1) is 11.6 Å². The van der Waals surface area contributed by atoms with Crippen LogP contribution in [-0.2, 0) is 11.2 Å². The van der Waals surface area contributed by atoms with E-state index in [4.69, 9.17) is 20.8 Å². The van der Waals surface area contributed by atoms with E-state index in [-0.39, 0.29) is 23.5 Å². The molecule has 39 heavy (non-hydrogen) atoms. The largest absolute Gasteiger partial charge is 0.480 e. The fraction of sp³-hybridized carbons (Fsp3) is 0.500. The summed E-state index contributed by atoms with van der Waals surface area (Å²) >= 11 is 6.18. The summed E-state index contributed by atoms with van der Waals surface area (Å²) in [5.41, 5.74) is 2.02. The molecule has 1 aliphatic heterocycles. The minimum absolute atomic E-state index is 0.0458. The second kappa shape index (κ2) is 11.3. The molecule has 4 unspecified atom stereocenters. The fourth-order valence-electron chi connectivity index (χ4n) is 6.59. The number of nitrogens with zero attached hydrogens (tertiary/aromatic N) is 1. The molecule has 1 amide bonds. The topological polar surface area (TPSA) is 80.0 Å². The van der Waals surface area contributed by atoms with Crippen LogP contribution in [-0.4, -0.2) is 34.2 Å². The molecule has 0 radical (unpaired) electrons. The lowest BCUT2D eigenvalue weighted by atomic mass is 9.66. The highest BCUT2D eigenvalue weighted by atomic mass is 35.5. The Morgan fingerprint density at radius 2 is 1.97 bits per heavy atom. The highest BCUT2D eigenvalue weighted by Gasteiger charge is 2.50. The van der Waals surface area contributed by atoms with Gasteiger partial charge in [-0.25, -0.2) is 4.79 Å². The lowest BCUT2D eigenvalue weighted by Gasteiger charge is -2.53. The number of fused-ring (bicyclic) bond motifs is 2. The summed E-state index contributed by atoms with van der Waals surface area (Å²) in [5.74, 6) is 0.351. The quantitative estimate of drug-likeness (QED) is 0.328. The number of hydrogen-bond acceptors (Lipinski definition) is 5. The SMILES string of the molecule is CCCCc1cc(=O)oc2c(C)c(OC(C)C(=O)N3CCC4(O)CCCCC4C3c3ccc(Cl)cc3)ccc12. The number of aliphatic hydroxyl groups is 1. The monoisotopic (exact) mass is 551 g/mol. The summed E-state index contributed by atoms with van der Waals surface area (Å²) < 4.78 is 11.9. The summed E-state index contributed by atoms with van der Waals surface area (Å²) in [6, 6.07) is 12.7. The van der Waals surface area contributed by atoms with E-state index in [1.165, 1.54) is 0 Å². The van der Waals surface area contributed by atoms with E-state index in [0.29, 0.717) is 34.9 Å². The third-order valence-corrected chi connectivity index (χ3v) is 8.96. The van der Waals surface area contributed by atoms with Crippen LogP contribution in [0.2, 0.25) is 5.02 Å². The molecular formula is C32H38ClNO5. The van der Waals surface area contributed by atoms with E-state index >= 15 is 0 Å². The van der Waals surface area contributed by atoms with Crippen LogP contribution >= 0.6 is 11.6 Å². The standard InChI is InChI=1S/C32H38ClNO5/c1-4-5-8-23-19-28(35)39-30-20(2)27(15-14-25(23)30)38-21(3)31(36)34-18-17-32(37)16-7-6-9-26(32)29(34)22-10-12-24(33)13-11-22/h10-15,19,21,26,29,37H,4-9,16-18H2,1-3H3. The van der Waals surface area contributed by atoms with Gasteiger partial charge in [-0.3, -0.25) is 4.79 Å². The molecule has 0 spiro atoms. The Bertz CT molecular complexity index is 1400. The predicted molar refractivity (Wildman–Crippen MR) is 153 cm³/mol. The van der Waals surface area contributed by atoms with Crippen molar-refractivity contribution < 1.29 is 19.1 Å². The number of unbranched alkanes of at least 4 members (excludes halogenated alkanes) is 1. The molecule has 1 saturated heterocycles. The molecule has 4 atom stereocenters. The number of piperidine rings is 1. The number of carbonyl (C=O) groups is 1. The normalized spacial score (nSPS) is 23.9. The van der Waals surface area contributed by atoms with Crippen molar-refractivity contribution in [1.82, 2.24) is 4.90 Å². The van der Waals surface area contributed by atoms with Crippen LogP contribution in [0.4, 0.5) is 0 Å². The number of aryl methyl sites for hydroxylation is 2. The number of hydrogen-bond donors (Lipinski definition) is 1. The molecular weight excluding hydrogens is 514 g/mol. The third-order valence-electron chi connectivity index (χ3n) is 8.71. The first-order chi connectivity index (χ1) is 18.7. The number of rotatable bonds is 7. The number of likely N-dealkylation sites (tertiary alicyclic amines) is 1. The van der Waals surface area contributed by atoms with Crippen LogP contribution in [0.5, 0.6) is 5.75 Å². The molecule has 2 aromatic carbocycles. The highest BCUT2D eigenvalue weighted by Crippen LogP contribution is 2.49.